The second kappa shape index (κ2) is 19.8. The number of carbonyl (C=O) groups excluding carboxylic acids is 1. The van der Waals surface area contributed by atoms with Gasteiger partial charge in [-0.3, -0.25) is 23.7 Å². The van der Waals surface area contributed by atoms with Crippen LogP contribution in [-0.4, -0.2) is 75.1 Å². The Morgan fingerprint density at radius 1 is 0.754 bits per heavy atom. The summed E-state index contributed by atoms with van der Waals surface area (Å²) < 4.78 is 92.0. The average Bonchev–Trinajstić information content (AvgIpc) is 4.10. The molecular formula is C45H47F4N11O4S. The van der Waals surface area contributed by atoms with E-state index in [0.29, 0.717) is 28.4 Å². The van der Waals surface area contributed by atoms with Gasteiger partial charge in [-0.1, -0.05) is 52.6 Å². The summed E-state index contributed by atoms with van der Waals surface area (Å²) >= 11 is 0. The number of nitrogens with zero attached hydrogens (tertiary/aromatic N) is 9. The van der Waals surface area contributed by atoms with Gasteiger partial charge in [0, 0.05) is 79.9 Å². The molecule has 0 aliphatic rings. The van der Waals surface area contributed by atoms with Gasteiger partial charge in [-0.15, -0.1) is 5.10 Å². The third-order valence-electron chi connectivity index (χ3n) is 9.93. The molecule has 1 amide bonds. The van der Waals surface area contributed by atoms with Crippen LogP contribution in [0.5, 0.6) is 0 Å². The Bertz CT molecular complexity index is 3280. The monoisotopic (exact) mass is 913 g/mol. The predicted molar refractivity (Wildman–Crippen MR) is 240 cm³/mol. The molecule has 0 spiro atoms. The van der Waals surface area contributed by atoms with Gasteiger partial charge >= 0.3 is 5.69 Å². The second-order valence-electron chi connectivity index (χ2n) is 14.2. The SMILES string of the molecule is C.C.C.Cn1cc(-c2ccc(Cn3cc(S(=O)(=O)CCNC(=O)c4ccn[nH]4)c4c(F)cc(F)cc43)c(F)c2)cn1.Cn1cc(-c2ccc(Cn3nc4ccccn4c3=O)c(F)c2)cn1. The second-order valence-corrected chi connectivity index (χ2v) is 16.3. The minimum Gasteiger partial charge on any atom is -0.350 e. The molecule has 3 aromatic carbocycles. The lowest BCUT2D eigenvalue weighted by Crippen LogP contribution is -2.29. The number of H-pyrrole nitrogens is 1. The van der Waals surface area contributed by atoms with Crippen LogP contribution in [0.3, 0.4) is 0 Å². The van der Waals surface area contributed by atoms with Crippen molar-refractivity contribution >= 4 is 32.3 Å². The summed E-state index contributed by atoms with van der Waals surface area (Å²) in [7, 11) is -0.587. The molecule has 6 aromatic heterocycles. The topological polar surface area (TPSA) is 172 Å². The zero-order valence-electron chi connectivity index (χ0n) is 32.9. The molecule has 9 rings (SSSR count). The molecule has 15 nitrogen and oxygen atoms in total. The van der Waals surface area contributed by atoms with E-state index in [2.05, 4.69) is 30.8 Å². The Hall–Kier alpha value is -7.61. The van der Waals surface area contributed by atoms with Crippen LogP contribution < -0.4 is 11.0 Å². The zero-order chi connectivity index (χ0) is 43.7. The molecule has 6 heterocycles. The van der Waals surface area contributed by atoms with Crippen LogP contribution in [0.25, 0.3) is 38.8 Å². The molecule has 65 heavy (non-hydrogen) atoms. The van der Waals surface area contributed by atoms with E-state index >= 15 is 4.39 Å². The van der Waals surface area contributed by atoms with Crippen LogP contribution in [0.1, 0.15) is 43.9 Å². The molecule has 0 aliphatic heterocycles. The smallest absolute Gasteiger partial charge is 0.350 e. The Morgan fingerprint density at radius 2 is 1.38 bits per heavy atom. The van der Waals surface area contributed by atoms with Gasteiger partial charge in [-0.25, -0.2) is 35.5 Å². The highest BCUT2D eigenvalue weighted by molar-refractivity contribution is 7.91. The third kappa shape index (κ3) is 10.3. The summed E-state index contributed by atoms with van der Waals surface area (Å²) in [5.41, 5.74) is 3.84. The van der Waals surface area contributed by atoms with Crippen molar-refractivity contribution in [3.8, 4) is 22.3 Å². The summed E-state index contributed by atoms with van der Waals surface area (Å²) in [5, 5.41) is 20.6. The number of amides is 1. The van der Waals surface area contributed by atoms with Crippen LogP contribution in [0.4, 0.5) is 17.6 Å². The van der Waals surface area contributed by atoms with Crippen molar-refractivity contribution in [2.75, 3.05) is 12.3 Å². The lowest BCUT2D eigenvalue weighted by molar-refractivity contribution is 0.0951. The van der Waals surface area contributed by atoms with Crippen molar-refractivity contribution < 1.29 is 30.8 Å². The molecule has 0 saturated heterocycles. The van der Waals surface area contributed by atoms with Gasteiger partial charge in [-0.05, 0) is 47.5 Å². The average molecular weight is 914 g/mol. The highest BCUT2D eigenvalue weighted by atomic mass is 32.2. The van der Waals surface area contributed by atoms with Crippen molar-refractivity contribution in [1.82, 2.24) is 53.8 Å². The molecule has 0 aliphatic carbocycles. The molecule has 0 saturated carbocycles. The predicted octanol–water partition coefficient (Wildman–Crippen LogP) is 7.43. The Labute approximate surface area is 371 Å². The number of pyridine rings is 1. The minimum atomic E-state index is -4.14. The van der Waals surface area contributed by atoms with Gasteiger partial charge in [0.2, 0.25) is 0 Å². The molecule has 2 N–H and O–H groups in total. The van der Waals surface area contributed by atoms with Crippen molar-refractivity contribution in [2.45, 2.75) is 40.3 Å². The first kappa shape index (κ1) is 48.4. The normalized spacial score (nSPS) is 11.0. The molecule has 0 fully saturated rings. The quantitative estimate of drug-likeness (QED) is 0.126. The number of sulfone groups is 1. The van der Waals surface area contributed by atoms with Gasteiger partial charge < -0.3 is 9.88 Å². The number of aromatic amines is 1. The van der Waals surface area contributed by atoms with Gasteiger partial charge in [0.25, 0.3) is 5.91 Å². The highest BCUT2D eigenvalue weighted by Crippen LogP contribution is 2.31. The Morgan fingerprint density at radius 3 is 1.94 bits per heavy atom. The number of halogens is 4. The van der Waals surface area contributed by atoms with Crippen molar-refractivity contribution in [3.63, 3.8) is 0 Å². The maximum atomic E-state index is 15.0. The van der Waals surface area contributed by atoms with E-state index in [4.69, 9.17) is 0 Å². The number of aryl methyl sites for hydroxylation is 2. The first-order valence-electron chi connectivity index (χ1n) is 18.8. The number of hydrogen-bond acceptors (Lipinski definition) is 8. The number of hydrogen-bond donors (Lipinski definition) is 2. The molecule has 340 valence electrons. The Balaban J connectivity index is 0.000000255. The lowest BCUT2D eigenvalue weighted by Gasteiger charge is -2.08. The third-order valence-corrected chi connectivity index (χ3v) is 11.7. The van der Waals surface area contributed by atoms with Crippen LogP contribution in [-0.2, 0) is 37.0 Å². The number of aromatic nitrogens is 10. The van der Waals surface area contributed by atoms with Crippen LogP contribution >= 0.6 is 0 Å². The first-order valence-corrected chi connectivity index (χ1v) is 20.5. The molecule has 9 aromatic rings. The van der Waals surface area contributed by atoms with E-state index in [1.54, 1.807) is 71.5 Å². The Kier molecular flexibility index (Phi) is 14.8. The minimum absolute atomic E-state index is 0. The fourth-order valence-corrected chi connectivity index (χ4v) is 8.22. The highest BCUT2D eigenvalue weighted by Gasteiger charge is 2.25. The number of benzene rings is 3. The van der Waals surface area contributed by atoms with Gasteiger partial charge in [0.15, 0.2) is 15.5 Å². The van der Waals surface area contributed by atoms with Crippen LogP contribution in [0.15, 0.2) is 126 Å². The number of rotatable bonds is 11. The summed E-state index contributed by atoms with van der Waals surface area (Å²) in [5.74, 6) is -4.02. The maximum Gasteiger partial charge on any atom is 0.350 e. The largest absolute Gasteiger partial charge is 0.350 e. The molecular weight excluding hydrogens is 867 g/mol. The van der Waals surface area contributed by atoms with E-state index in [1.165, 1.54) is 44.1 Å². The van der Waals surface area contributed by atoms with Gasteiger partial charge in [0.05, 0.1) is 47.0 Å². The number of carbonyl (C=O) groups is 1. The number of nitrogens with one attached hydrogen (secondary N) is 2. The van der Waals surface area contributed by atoms with E-state index < -0.39 is 38.9 Å². The lowest BCUT2D eigenvalue weighted by atomic mass is 10.1. The van der Waals surface area contributed by atoms with Gasteiger partial charge in [0.1, 0.15) is 29.0 Å². The standard InChI is InChI=1S/C25H21F3N6O3S.C17H14FN5O.3CH4/c1-33-12-17(11-31-33)15-2-3-16(19(27)8-15)13-34-14-23(24-20(28)9-18(26)10-22(24)34)38(36,37)7-6-29-25(35)21-4-5-30-32-21;1-21-10-14(9-19-21)12-5-6-13(15(18)8-12)11-23-17(24)22-7-3-2-4-16(22)20-23;;;/h2-5,8-12,14H,6-7,13H2,1H3,(H,29,35)(H,30,32);2-10H,11H2,1H3;3*1H4. The van der Waals surface area contributed by atoms with Crippen LogP contribution in [0, 0.1) is 23.3 Å². The van der Waals surface area contributed by atoms with E-state index in [-0.39, 0.29) is 80.5 Å². The molecule has 0 unspecified atom stereocenters. The fraction of sp³-hybridized carbons (Fsp3) is 0.200. The first-order chi connectivity index (χ1) is 29.7. The summed E-state index contributed by atoms with van der Waals surface area (Å²) in [6.45, 7) is -0.357. The maximum absolute atomic E-state index is 15.0. The van der Waals surface area contributed by atoms with E-state index in [9.17, 15) is 31.2 Å². The summed E-state index contributed by atoms with van der Waals surface area (Å²) in [6, 6.07) is 17.8. The van der Waals surface area contributed by atoms with Crippen molar-refractivity contribution in [3.05, 3.63) is 167 Å². The summed E-state index contributed by atoms with van der Waals surface area (Å²) in [6.07, 6.45) is 11.0. The van der Waals surface area contributed by atoms with E-state index in [1.807, 2.05) is 19.3 Å². The van der Waals surface area contributed by atoms with Gasteiger partial charge in [-0.2, -0.15) is 15.3 Å². The fourth-order valence-electron chi connectivity index (χ4n) is 6.83. The molecule has 0 radical (unpaired) electrons. The van der Waals surface area contributed by atoms with Crippen molar-refractivity contribution in [2.24, 2.45) is 14.1 Å². The molecule has 0 bridgehead atoms. The zero-order valence-corrected chi connectivity index (χ0v) is 33.7. The summed E-state index contributed by atoms with van der Waals surface area (Å²) in [4.78, 5) is 23.9. The molecule has 20 heteroatoms. The van der Waals surface area contributed by atoms with Crippen molar-refractivity contribution in [1.29, 1.82) is 0 Å². The van der Waals surface area contributed by atoms with Crippen LogP contribution in [0.2, 0.25) is 0 Å². The van der Waals surface area contributed by atoms with E-state index in [0.717, 1.165) is 23.4 Å². The molecule has 0 atom stereocenters. The number of fused-ring (bicyclic) bond motifs is 2.